The molecule has 1 aliphatic rings. The van der Waals surface area contributed by atoms with E-state index < -0.39 is 0 Å². The Morgan fingerprint density at radius 3 is 2.56 bits per heavy atom. The number of ether oxygens (including phenoxy) is 2. The van der Waals surface area contributed by atoms with E-state index in [9.17, 15) is 0 Å². The summed E-state index contributed by atoms with van der Waals surface area (Å²) in [5.74, 6) is 2.50. The summed E-state index contributed by atoms with van der Waals surface area (Å²) in [7, 11) is 3.32. The average Bonchev–Trinajstić information content (AvgIpc) is 3.00. The van der Waals surface area contributed by atoms with Crippen molar-refractivity contribution in [1.29, 1.82) is 0 Å². The topological polar surface area (TPSA) is 59.2 Å². The van der Waals surface area contributed by atoms with E-state index in [4.69, 9.17) is 9.47 Å². The normalized spacial score (nSPS) is 13.0. The monoisotopic (exact) mass is 245 g/mol. The predicted octanol–water partition coefficient (Wildman–Crippen LogP) is 2.06. The van der Waals surface area contributed by atoms with Crippen LogP contribution in [-0.4, -0.2) is 31.0 Å². The van der Waals surface area contributed by atoms with Gasteiger partial charge in [0.2, 0.25) is 0 Å². The van der Waals surface area contributed by atoms with E-state index in [1.165, 1.54) is 5.56 Å². The van der Waals surface area contributed by atoms with Crippen LogP contribution in [0, 0.1) is 0 Å². The summed E-state index contributed by atoms with van der Waals surface area (Å²) in [5.41, 5.74) is 3.10. The second-order valence-corrected chi connectivity index (χ2v) is 4.14. The molecule has 2 heterocycles. The SMILES string of the molecule is COc1cccc(OC)c1-c1[nH]nc2c1CCN2. The van der Waals surface area contributed by atoms with Crippen molar-refractivity contribution < 1.29 is 9.47 Å². The van der Waals surface area contributed by atoms with E-state index in [-0.39, 0.29) is 0 Å². The van der Waals surface area contributed by atoms with Gasteiger partial charge in [0.05, 0.1) is 25.5 Å². The van der Waals surface area contributed by atoms with Gasteiger partial charge in [-0.2, -0.15) is 5.10 Å². The molecule has 1 aromatic carbocycles. The van der Waals surface area contributed by atoms with Crippen LogP contribution in [-0.2, 0) is 6.42 Å². The molecular weight excluding hydrogens is 230 g/mol. The van der Waals surface area contributed by atoms with Crippen molar-refractivity contribution in [3.8, 4) is 22.8 Å². The molecule has 0 fully saturated rings. The molecule has 2 aromatic rings. The number of fused-ring (bicyclic) bond motifs is 1. The molecule has 0 bridgehead atoms. The van der Waals surface area contributed by atoms with Crippen molar-refractivity contribution in [2.75, 3.05) is 26.1 Å². The molecule has 0 unspecified atom stereocenters. The van der Waals surface area contributed by atoms with Crippen LogP contribution in [0.15, 0.2) is 18.2 Å². The van der Waals surface area contributed by atoms with Crippen molar-refractivity contribution in [3.05, 3.63) is 23.8 Å². The van der Waals surface area contributed by atoms with Gasteiger partial charge >= 0.3 is 0 Å². The Hall–Kier alpha value is -2.17. The first-order valence-electron chi connectivity index (χ1n) is 5.87. The zero-order chi connectivity index (χ0) is 12.5. The van der Waals surface area contributed by atoms with E-state index in [1.54, 1.807) is 14.2 Å². The lowest BCUT2D eigenvalue weighted by molar-refractivity contribution is 0.397. The second-order valence-electron chi connectivity index (χ2n) is 4.14. The molecule has 0 saturated heterocycles. The number of anilines is 1. The number of rotatable bonds is 3. The van der Waals surface area contributed by atoms with Gasteiger partial charge in [0.1, 0.15) is 11.5 Å². The van der Waals surface area contributed by atoms with Crippen LogP contribution in [0.1, 0.15) is 5.56 Å². The zero-order valence-corrected chi connectivity index (χ0v) is 10.4. The molecule has 0 aliphatic carbocycles. The van der Waals surface area contributed by atoms with Crippen LogP contribution in [0.2, 0.25) is 0 Å². The van der Waals surface area contributed by atoms with Gasteiger partial charge in [0, 0.05) is 12.1 Å². The smallest absolute Gasteiger partial charge is 0.151 e. The van der Waals surface area contributed by atoms with Crippen LogP contribution >= 0.6 is 0 Å². The van der Waals surface area contributed by atoms with E-state index in [0.29, 0.717) is 0 Å². The van der Waals surface area contributed by atoms with Gasteiger partial charge in [0.25, 0.3) is 0 Å². The first-order valence-corrected chi connectivity index (χ1v) is 5.87. The van der Waals surface area contributed by atoms with Crippen LogP contribution < -0.4 is 14.8 Å². The van der Waals surface area contributed by atoms with Crippen molar-refractivity contribution in [3.63, 3.8) is 0 Å². The summed E-state index contributed by atoms with van der Waals surface area (Å²) in [6, 6.07) is 5.76. The van der Waals surface area contributed by atoms with Gasteiger partial charge in [-0.1, -0.05) is 6.07 Å². The summed E-state index contributed by atoms with van der Waals surface area (Å²) in [5, 5.41) is 10.6. The number of nitrogens with zero attached hydrogens (tertiary/aromatic N) is 1. The summed E-state index contributed by atoms with van der Waals surface area (Å²) in [6.45, 7) is 0.927. The zero-order valence-electron chi connectivity index (χ0n) is 10.4. The van der Waals surface area contributed by atoms with Gasteiger partial charge < -0.3 is 14.8 Å². The summed E-state index contributed by atoms with van der Waals surface area (Å²) >= 11 is 0. The summed E-state index contributed by atoms with van der Waals surface area (Å²) in [4.78, 5) is 0. The van der Waals surface area contributed by atoms with Gasteiger partial charge in [-0.3, -0.25) is 5.10 Å². The van der Waals surface area contributed by atoms with Crippen LogP contribution in [0.5, 0.6) is 11.5 Å². The van der Waals surface area contributed by atoms with Crippen molar-refractivity contribution in [2.24, 2.45) is 0 Å². The third-order valence-corrected chi connectivity index (χ3v) is 3.21. The number of H-pyrrole nitrogens is 1. The number of nitrogens with one attached hydrogen (secondary N) is 2. The first-order chi connectivity index (χ1) is 8.85. The molecule has 18 heavy (non-hydrogen) atoms. The van der Waals surface area contributed by atoms with E-state index in [1.807, 2.05) is 18.2 Å². The molecule has 2 N–H and O–H groups in total. The van der Waals surface area contributed by atoms with E-state index in [0.717, 1.165) is 41.5 Å². The molecule has 0 spiro atoms. The summed E-state index contributed by atoms with van der Waals surface area (Å²) < 4.78 is 10.8. The quantitative estimate of drug-likeness (QED) is 0.869. The Bertz CT molecular complexity index is 555. The van der Waals surface area contributed by atoms with Gasteiger partial charge in [-0.25, -0.2) is 0 Å². The molecule has 1 aromatic heterocycles. The Balaban J connectivity index is 2.21. The highest BCUT2D eigenvalue weighted by molar-refractivity contribution is 5.80. The molecule has 0 radical (unpaired) electrons. The molecular formula is C13H15N3O2. The fraction of sp³-hybridized carbons (Fsp3) is 0.308. The van der Waals surface area contributed by atoms with Crippen molar-refractivity contribution in [1.82, 2.24) is 10.2 Å². The molecule has 5 heteroatoms. The molecule has 94 valence electrons. The largest absolute Gasteiger partial charge is 0.496 e. The standard InChI is InChI=1S/C13H15N3O2/c1-17-9-4-3-5-10(18-2)11(9)12-8-6-7-14-13(8)16-15-12/h3-5H,6-7H2,1-2H3,(H2,14,15,16). The Morgan fingerprint density at radius 1 is 1.17 bits per heavy atom. The number of benzene rings is 1. The van der Waals surface area contributed by atoms with Crippen molar-refractivity contribution in [2.45, 2.75) is 6.42 Å². The predicted molar refractivity (Wildman–Crippen MR) is 69.3 cm³/mol. The number of hydrogen-bond donors (Lipinski definition) is 2. The van der Waals surface area contributed by atoms with Crippen LogP contribution in [0.4, 0.5) is 5.82 Å². The van der Waals surface area contributed by atoms with Gasteiger partial charge in [0.15, 0.2) is 5.82 Å². The van der Waals surface area contributed by atoms with Crippen LogP contribution in [0.25, 0.3) is 11.3 Å². The lowest BCUT2D eigenvalue weighted by atomic mass is 10.0. The fourth-order valence-corrected chi connectivity index (χ4v) is 2.37. The average molecular weight is 245 g/mol. The molecule has 0 atom stereocenters. The maximum atomic E-state index is 5.42. The maximum absolute atomic E-state index is 5.42. The molecule has 3 rings (SSSR count). The number of methoxy groups -OCH3 is 2. The highest BCUT2D eigenvalue weighted by Crippen LogP contribution is 2.41. The third kappa shape index (κ3) is 1.51. The first kappa shape index (κ1) is 11.0. The third-order valence-electron chi connectivity index (χ3n) is 3.21. The Kier molecular flexibility index (Phi) is 2.59. The molecule has 0 amide bonds. The molecule has 1 aliphatic heterocycles. The highest BCUT2D eigenvalue weighted by atomic mass is 16.5. The number of hydrogen-bond acceptors (Lipinski definition) is 4. The van der Waals surface area contributed by atoms with E-state index >= 15 is 0 Å². The van der Waals surface area contributed by atoms with Gasteiger partial charge in [-0.15, -0.1) is 0 Å². The number of aromatic amines is 1. The van der Waals surface area contributed by atoms with Crippen molar-refractivity contribution >= 4 is 5.82 Å². The summed E-state index contributed by atoms with van der Waals surface area (Å²) in [6.07, 6.45) is 0.961. The fourth-order valence-electron chi connectivity index (χ4n) is 2.37. The van der Waals surface area contributed by atoms with E-state index in [2.05, 4.69) is 15.5 Å². The minimum absolute atomic E-state index is 0.785. The molecule has 0 saturated carbocycles. The highest BCUT2D eigenvalue weighted by Gasteiger charge is 2.23. The lowest BCUT2D eigenvalue weighted by Gasteiger charge is -2.12. The van der Waals surface area contributed by atoms with Gasteiger partial charge in [-0.05, 0) is 18.6 Å². The minimum atomic E-state index is 0.785. The lowest BCUT2D eigenvalue weighted by Crippen LogP contribution is -1.97. The minimum Gasteiger partial charge on any atom is -0.496 e. The Labute approximate surface area is 105 Å². The second kappa shape index (κ2) is 4.25. The Morgan fingerprint density at radius 2 is 1.89 bits per heavy atom. The van der Waals surface area contributed by atoms with Crippen LogP contribution in [0.3, 0.4) is 0 Å². The maximum Gasteiger partial charge on any atom is 0.151 e. The molecule has 5 nitrogen and oxygen atoms in total. The number of aromatic nitrogens is 2.